The highest BCUT2D eigenvalue weighted by Crippen LogP contribution is 2.14. The van der Waals surface area contributed by atoms with Gasteiger partial charge in [0.25, 0.3) is 5.78 Å². The number of aromatic nitrogens is 4. The van der Waals surface area contributed by atoms with Crippen LogP contribution in [0.25, 0.3) is 5.78 Å². The molecular weight excluding hydrogens is 281 g/mol. The van der Waals surface area contributed by atoms with E-state index in [4.69, 9.17) is 11.6 Å². The third kappa shape index (κ3) is 2.70. The summed E-state index contributed by atoms with van der Waals surface area (Å²) in [5.41, 5.74) is 0.924. The van der Waals surface area contributed by atoms with Crippen molar-refractivity contribution in [3.8, 4) is 0 Å². The third-order valence-corrected chi connectivity index (χ3v) is 3.02. The van der Waals surface area contributed by atoms with Crippen LogP contribution in [-0.4, -0.2) is 26.1 Å². The molecule has 0 radical (unpaired) electrons. The molecule has 1 aromatic carbocycles. The number of hydrogen-bond donors (Lipinski definition) is 1. The summed E-state index contributed by atoms with van der Waals surface area (Å²) < 4.78 is 14.6. The van der Waals surface area contributed by atoms with Gasteiger partial charge in [-0.3, -0.25) is 0 Å². The summed E-state index contributed by atoms with van der Waals surface area (Å²) in [4.78, 5) is 8.02. The van der Waals surface area contributed by atoms with Crippen molar-refractivity contribution >= 4 is 23.2 Å². The van der Waals surface area contributed by atoms with Crippen LogP contribution in [0.2, 0.25) is 5.15 Å². The van der Waals surface area contributed by atoms with Gasteiger partial charge in [-0.25, -0.2) is 4.39 Å². The predicted molar refractivity (Wildman–Crippen MR) is 74.4 cm³/mol. The lowest BCUT2D eigenvalue weighted by molar-refractivity contribution is 0.625. The first-order valence-electron chi connectivity index (χ1n) is 6.07. The van der Waals surface area contributed by atoms with E-state index in [-0.39, 0.29) is 5.82 Å². The summed E-state index contributed by atoms with van der Waals surface area (Å²) >= 11 is 5.92. The molecular formula is C13H11ClFN5. The van der Waals surface area contributed by atoms with E-state index in [9.17, 15) is 4.39 Å². The molecule has 0 aliphatic carbocycles. The van der Waals surface area contributed by atoms with Crippen LogP contribution >= 0.6 is 11.6 Å². The van der Waals surface area contributed by atoms with Crippen LogP contribution < -0.4 is 5.32 Å². The smallest absolute Gasteiger partial charge is 0.255 e. The Balaban J connectivity index is 1.72. The molecule has 0 unspecified atom stereocenters. The lowest BCUT2D eigenvalue weighted by atomic mass is 10.1. The van der Waals surface area contributed by atoms with E-state index >= 15 is 0 Å². The van der Waals surface area contributed by atoms with Gasteiger partial charge < -0.3 is 5.32 Å². The second-order valence-electron chi connectivity index (χ2n) is 4.24. The molecule has 0 saturated carbocycles. The quantitative estimate of drug-likeness (QED) is 0.751. The Morgan fingerprint density at radius 3 is 3.05 bits per heavy atom. The van der Waals surface area contributed by atoms with Crippen molar-refractivity contribution in [1.82, 2.24) is 19.6 Å². The summed E-state index contributed by atoms with van der Waals surface area (Å²) in [5, 5.41) is 7.60. The number of anilines is 1. The standard InChI is InChI=1S/C13H11ClFN5/c14-11-7-12(20-13(19-11)17-8-18-20)16-5-4-9-2-1-3-10(15)6-9/h1-3,6-8,16H,4-5H2. The molecule has 0 spiro atoms. The van der Waals surface area contributed by atoms with Crippen LogP contribution in [-0.2, 0) is 6.42 Å². The van der Waals surface area contributed by atoms with Crippen LogP contribution in [0.4, 0.5) is 10.2 Å². The Labute approximate surface area is 119 Å². The zero-order chi connectivity index (χ0) is 13.9. The van der Waals surface area contributed by atoms with Gasteiger partial charge in [-0.15, -0.1) is 0 Å². The van der Waals surface area contributed by atoms with Crippen molar-refractivity contribution in [2.75, 3.05) is 11.9 Å². The fourth-order valence-corrected chi connectivity index (χ4v) is 2.12. The van der Waals surface area contributed by atoms with Crippen molar-refractivity contribution < 1.29 is 4.39 Å². The molecule has 5 nitrogen and oxygen atoms in total. The molecule has 0 saturated heterocycles. The molecule has 0 fully saturated rings. The second-order valence-corrected chi connectivity index (χ2v) is 4.63. The second kappa shape index (κ2) is 5.42. The highest BCUT2D eigenvalue weighted by Gasteiger charge is 2.05. The number of benzene rings is 1. The van der Waals surface area contributed by atoms with Gasteiger partial charge in [0.05, 0.1) is 0 Å². The average molecular weight is 292 g/mol. The Bertz CT molecular complexity index is 742. The maximum Gasteiger partial charge on any atom is 0.255 e. The van der Waals surface area contributed by atoms with Gasteiger partial charge in [0.1, 0.15) is 23.1 Å². The van der Waals surface area contributed by atoms with Gasteiger partial charge in [0.2, 0.25) is 0 Å². The monoisotopic (exact) mass is 291 g/mol. The van der Waals surface area contributed by atoms with Crippen LogP contribution in [0.5, 0.6) is 0 Å². The number of nitrogens with one attached hydrogen (secondary N) is 1. The molecule has 0 atom stereocenters. The summed E-state index contributed by atoms with van der Waals surface area (Å²) in [5.74, 6) is 0.910. The van der Waals surface area contributed by atoms with Gasteiger partial charge in [0, 0.05) is 12.6 Å². The van der Waals surface area contributed by atoms with E-state index in [1.807, 2.05) is 6.07 Å². The summed E-state index contributed by atoms with van der Waals surface area (Å²) in [6, 6.07) is 8.21. The number of rotatable bonds is 4. The topological polar surface area (TPSA) is 55.1 Å². The van der Waals surface area contributed by atoms with E-state index in [0.717, 1.165) is 5.56 Å². The zero-order valence-electron chi connectivity index (χ0n) is 10.4. The summed E-state index contributed by atoms with van der Waals surface area (Å²) in [6.07, 6.45) is 2.10. The molecule has 2 aromatic heterocycles. The molecule has 1 N–H and O–H groups in total. The van der Waals surface area contributed by atoms with Crippen molar-refractivity contribution in [2.24, 2.45) is 0 Å². The summed E-state index contributed by atoms with van der Waals surface area (Å²) in [6.45, 7) is 0.624. The van der Waals surface area contributed by atoms with E-state index in [2.05, 4.69) is 20.4 Å². The first-order chi connectivity index (χ1) is 9.72. The van der Waals surface area contributed by atoms with Crippen molar-refractivity contribution in [3.63, 3.8) is 0 Å². The first-order valence-corrected chi connectivity index (χ1v) is 6.45. The Morgan fingerprint density at radius 2 is 2.20 bits per heavy atom. The molecule has 0 amide bonds. The fraction of sp³-hybridized carbons (Fsp3) is 0.154. The molecule has 0 aliphatic rings. The van der Waals surface area contributed by atoms with E-state index in [1.165, 1.54) is 18.5 Å². The highest BCUT2D eigenvalue weighted by molar-refractivity contribution is 6.29. The molecule has 0 bridgehead atoms. The van der Waals surface area contributed by atoms with E-state index in [1.54, 1.807) is 16.6 Å². The molecule has 7 heteroatoms. The van der Waals surface area contributed by atoms with Crippen LogP contribution in [0.3, 0.4) is 0 Å². The predicted octanol–water partition coefficient (Wildman–Crippen LogP) is 2.57. The number of nitrogens with zero attached hydrogens (tertiary/aromatic N) is 4. The van der Waals surface area contributed by atoms with Crippen molar-refractivity contribution in [1.29, 1.82) is 0 Å². The lowest BCUT2D eigenvalue weighted by Gasteiger charge is -2.08. The highest BCUT2D eigenvalue weighted by atomic mass is 35.5. The Kier molecular flexibility index (Phi) is 3.47. The minimum atomic E-state index is -0.229. The lowest BCUT2D eigenvalue weighted by Crippen LogP contribution is -2.09. The van der Waals surface area contributed by atoms with Gasteiger partial charge in [-0.05, 0) is 24.1 Å². The van der Waals surface area contributed by atoms with Crippen LogP contribution in [0.15, 0.2) is 36.7 Å². The maximum atomic E-state index is 13.1. The zero-order valence-corrected chi connectivity index (χ0v) is 11.2. The van der Waals surface area contributed by atoms with Crippen LogP contribution in [0, 0.1) is 5.82 Å². The normalized spacial score (nSPS) is 10.9. The van der Waals surface area contributed by atoms with Crippen LogP contribution in [0.1, 0.15) is 5.56 Å². The number of halogens is 2. The van der Waals surface area contributed by atoms with Gasteiger partial charge in [-0.2, -0.15) is 19.6 Å². The third-order valence-electron chi connectivity index (χ3n) is 2.83. The molecule has 2 heterocycles. The van der Waals surface area contributed by atoms with Gasteiger partial charge in [0.15, 0.2) is 0 Å². The Morgan fingerprint density at radius 1 is 1.30 bits per heavy atom. The van der Waals surface area contributed by atoms with Gasteiger partial charge >= 0.3 is 0 Å². The minimum absolute atomic E-state index is 0.229. The largest absolute Gasteiger partial charge is 0.369 e. The SMILES string of the molecule is Fc1cccc(CCNc2cc(Cl)nc3ncnn23)c1. The summed E-state index contributed by atoms with van der Waals surface area (Å²) in [7, 11) is 0. The molecule has 102 valence electrons. The molecule has 3 rings (SSSR count). The van der Waals surface area contributed by atoms with Gasteiger partial charge in [-0.1, -0.05) is 23.7 Å². The first kappa shape index (κ1) is 12.8. The van der Waals surface area contributed by atoms with E-state index in [0.29, 0.717) is 29.7 Å². The number of fused-ring (bicyclic) bond motifs is 1. The fourth-order valence-electron chi connectivity index (χ4n) is 1.94. The molecule has 0 aliphatic heterocycles. The maximum absolute atomic E-state index is 13.1. The van der Waals surface area contributed by atoms with E-state index < -0.39 is 0 Å². The number of hydrogen-bond acceptors (Lipinski definition) is 4. The minimum Gasteiger partial charge on any atom is -0.369 e. The Hall–Kier alpha value is -2.21. The average Bonchev–Trinajstić information content (AvgIpc) is 2.87. The molecule has 20 heavy (non-hydrogen) atoms. The molecule has 3 aromatic rings. The van der Waals surface area contributed by atoms with Crippen molar-refractivity contribution in [3.05, 3.63) is 53.2 Å². The van der Waals surface area contributed by atoms with Crippen molar-refractivity contribution in [2.45, 2.75) is 6.42 Å².